The van der Waals surface area contributed by atoms with Gasteiger partial charge in [-0.05, 0) is 50.6 Å². The third kappa shape index (κ3) is 10.0. The van der Waals surface area contributed by atoms with E-state index < -0.39 is 63.6 Å². The zero-order valence-corrected chi connectivity index (χ0v) is 28.1. The molecule has 13 nitrogen and oxygen atoms in total. The van der Waals surface area contributed by atoms with Gasteiger partial charge in [0.2, 0.25) is 0 Å². The summed E-state index contributed by atoms with van der Waals surface area (Å²) in [4.78, 5) is 50.6. The van der Waals surface area contributed by atoms with Gasteiger partial charge < -0.3 is 24.3 Å². The van der Waals surface area contributed by atoms with Crippen LogP contribution >= 0.6 is 0 Å². The van der Waals surface area contributed by atoms with Gasteiger partial charge in [0.25, 0.3) is 0 Å². The molecule has 266 valence electrons. The van der Waals surface area contributed by atoms with Crippen LogP contribution in [0.4, 0.5) is 35.0 Å². The zero-order valence-electron chi connectivity index (χ0n) is 28.1. The molecule has 0 aliphatic carbocycles. The monoisotopic (exact) mass is 692 g/mol. The summed E-state index contributed by atoms with van der Waals surface area (Å²) >= 11 is 0. The van der Waals surface area contributed by atoms with Crippen molar-refractivity contribution in [2.75, 3.05) is 31.4 Å². The molecule has 2 N–H and O–H groups in total. The number of carbonyl (C=O) groups is 2. The first-order chi connectivity index (χ1) is 22.8. The van der Waals surface area contributed by atoms with Crippen molar-refractivity contribution in [1.29, 1.82) is 0 Å². The van der Waals surface area contributed by atoms with Gasteiger partial charge in [-0.3, -0.25) is 29.6 Å². The van der Waals surface area contributed by atoms with Crippen LogP contribution in [0.15, 0.2) is 59.4 Å². The van der Waals surface area contributed by atoms with E-state index >= 15 is 0 Å². The number of alkyl halides is 3. The normalized spacial score (nSPS) is 12.1. The van der Waals surface area contributed by atoms with E-state index in [4.69, 9.17) is 18.9 Å². The third-order valence-electron chi connectivity index (χ3n) is 7.28. The largest absolute Gasteiger partial charge is 0.459 e. The standard InChI is InChI=1S/C33H39F3N4O9/c1-20(2)32(46-6,47-7)19-37-25-16-26(39(29(42)28(25)40(44)45)17-27(41)49-31(3,4)5)22-13-23(33(34,35)36)15-24(14-22)38-30(43)48-18-21-11-9-8-10-12-21/h8-16,20,37H,17-19H2,1-7H3,(H,38,43). The minimum Gasteiger partial charge on any atom is -0.459 e. The third-order valence-corrected chi connectivity index (χ3v) is 7.28. The Hall–Kier alpha value is -4.96. The Bertz CT molecular complexity index is 1720. The molecule has 1 heterocycles. The van der Waals surface area contributed by atoms with Gasteiger partial charge in [-0.1, -0.05) is 44.2 Å². The number of benzene rings is 2. The molecule has 16 heteroatoms. The average Bonchev–Trinajstić information content (AvgIpc) is 3.00. The van der Waals surface area contributed by atoms with Crippen LogP contribution in [0.1, 0.15) is 45.7 Å². The predicted octanol–water partition coefficient (Wildman–Crippen LogP) is 6.59. The number of nitrogens with zero attached hydrogens (tertiary/aromatic N) is 2. The van der Waals surface area contributed by atoms with Crippen LogP contribution in [-0.4, -0.2) is 53.7 Å². The number of hydrogen-bond acceptors (Lipinski definition) is 10. The summed E-state index contributed by atoms with van der Waals surface area (Å²) < 4.78 is 64.7. The summed E-state index contributed by atoms with van der Waals surface area (Å²) in [6, 6.07) is 12.1. The summed E-state index contributed by atoms with van der Waals surface area (Å²) in [6.07, 6.45) is -6.01. The zero-order chi connectivity index (χ0) is 36.7. The van der Waals surface area contributed by atoms with E-state index in [1.807, 2.05) is 0 Å². The molecule has 0 aliphatic rings. The number of aromatic nitrogens is 1. The first-order valence-corrected chi connectivity index (χ1v) is 15.0. The van der Waals surface area contributed by atoms with Crippen LogP contribution in [0, 0.1) is 16.0 Å². The lowest BCUT2D eigenvalue weighted by molar-refractivity contribution is -0.385. The highest BCUT2D eigenvalue weighted by Crippen LogP contribution is 2.37. The van der Waals surface area contributed by atoms with E-state index in [2.05, 4.69) is 10.6 Å². The number of nitrogens with one attached hydrogen (secondary N) is 2. The summed E-state index contributed by atoms with van der Waals surface area (Å²) in [5.41, 5.74) is -5.35. The van der Waals surface area contributed by atoms with Gasteiger partial charge in [-0.25, -0.2) is 4.79 Å². The number of esters is 1. The van der Waals surface area contributed by atoms with E-state index in [-0.39, 0.29) is 36.0 Å². The van der Waals surface area contributed by atoms with Gasteiger partial charge in [0, 0.05) is 31.4 Å². The average molecular weight is 693 g/mol. The highest BCUT2D eigenvalue weighted by atomic mass is 19.4. The number of amides is 1. The number of pyridine rings is 1. The molecule has 1 amide bonds. The number of hydrogen-bond donors (Lipinski definition) is 2. The summed E-state index contributed by atoms with van der Waals surface area (Å²) in [5.74, 6) is -2.62. The predicted molar refractivity (Wildman–Crippen MR) is 174 cm³/mol. The topological polar surface area (TPSA) is 160 Å². The number of rotatable bonds is 13. The number of nitro groups is 1. The minimum absolute atomic E-state index is 0.174. The van der Waals surface area contributed by atoms with Crippen molar-refractivity contribution >= 4 is 29.1 Å². The lowest BCUT2D eigenvalue weighted by Gasteiger charge is -2.35. The number of halogens is 3. The van der Waals surface area contributed by atoms with Gasteiger partial charge in [0.1, 0.15) is 24.4 Å². The molecule has 3 aromatic rings. The molecule has 0 radical (unpaired) electrons. The number of carbonyl (C=O) groups excluding carboxylic acids is 2. The fraction of sp³-hybridized carbons (Fsp3) is 0.424. The van der Waals surface area contributed by atoms with E-state index in [9.17, 15) is 37.7 Å². The molecule has 0 saturated carbocycles. The molecule has 0 unspecified atom stereocenters. The molecule has 0 bridgehead atoms. The Kier molecular flexibility index (Phi) is 12.2. The van der Waals surface area contributed by atoms with Crippen molar-refractivity contribution in [2.24, 2.45) is 5.92 Å². The number of methoxy groups -OCH3 is 2. The fourth-order valence-electron chi connectivity index (χ4n) is 4.86. The summed E-state index contributed by atoms with van der Waals surface area (Å²) in [5, 5.41) is 17.3. The van der Waals surface area contributed by atoms with Crippen molar-refractivity contribution < 1.29 is 46.6 Å². The van der Waals surface area contributed by atoms with E-state index in [0.717, 1.165) is 12.1 Å². The maximum atomic E-state index is 14.2. The molecular formula is C33H39F3N4O9. The SMILES string of the molecule is COC(CNc1cc(-c2cc(NC(=O)OCc3ccccc3)cc(C(F)(F)F)c2)n(CC(=O)OC(C)(C)C)c(=O)c1[N+](=O)[O-])(OC)C(C)C. The Morgan fingerprint density at radius 2 is 1.63 bits per heavy atom. The minimum atomic E-state index is -4.94. The molecule has 49 heavy (non-hydrogen) atoms. The molecule has 0 aliphatic heterocycles. The molecule has 1 aromatic heterocycles. The highest BCUT2D eigenvalue weighted by Gasteiger charge is 2.36. The maximum Gasteiger partial charge on any atom is 0.416 e. The molecule has 0 spiro atoms. The fourth-order valence-corrected chi connectivity index (χ4v) is 4.86. The smallest absolute Gasteiger partial charge is 0.416 e. The number of ether oxygens (including phenoxy) is 4. The van der Waals surface area contributed by atoms with Crippen molar-refractivity contribution in [3.8, 4) is 11.3 Å². The van der Waals surface area contributed by atoms with Crippen LogP contribution in [0.3, 0.4) is 0 Å². The molecule has 3 rings (SSSR count). The van der Waals surface area contributed by atoms with Gasteiger partial charge >= 0.3 is 29.5 Å². The van der Waals surface area contributed by atoms with Crippen LogP contribution < -0.4 is 16.2 Å². The van der Waals surface area contributed by atoms with Gasteiger partial charge in [-0.2, -0.15) is 13.2 Å². The lowest BCUT2D eigenvalue weighted by Crippen LogP contribution is -2.46. The summed E-state index contributed by atoms with van der Waals surface area (Å²) in [6.45, 7) is 6.89. The molecular weight excluding hydrogens is 653 g/mol. The maximum absolute atomic E-state index is 14.2. The van der Waals surface area contributed by atoms with E-state index in [0.29, 0.717) is 22.3 Å². The first-order valence-electron chi connectivity index (χ1n) is 15.0. The molecule has 0 saturated heterocycles. The Morgan fingerprint density at radius 3 is 2.16 bits per heavy atom. The molecule has 0 atom stereocenters. The van der Waals surface area contributed by atoms with Crippen LogP contribution in [0.5, 0.6) is 0 Å². The number of anilines is 2. The van der Waals surface area contributed by atoms with Gasteiger partial charge in [-0.15, -0.1) is 0 Å². The second-order valence-corrected chi connectivity index (χ2v) is 12.2. The Balaban J connectivity index is 2.23. The van der Waals surface area contributed by atoms with E-state index in [1.165, 1.54) is 14.2 Å². The van der Waals surface area contributed by atoms with Crippen LogP contribution in [0.2, 0.25) is 0 Å². The Morgan fingerprint density at radius 1 is 1.00 bits per heavy atom. The first kappa shape index (κ1) is 38.5. The van der Waals surface area contributed by atoms with Crippen molar-refractivity contribution in [2.45, 2.75) is 65.3 Å². The van der Waals surface area contributed by atoms with Crippen LogP contribution in [-0.2, 0) is 43.1 Å². The lowest BCUT2D eigenvalue weighted by atomic mass is 10.0. The van der Waals surface area contributed by atoms with E-state index in [1.54, 1.807) is 65.0 Å². The highest BCUT2D eigenvalue weighted by molar-refractivity contribution is 5.86. The Labute approximate surface area is 280 Å². The summed E-state index contributed by atoms with van der Waals surface area (Å²) in [7, 11) is 2.71. The second kappa shape index (κ2) is 15.5. The molecule has 2 aromatic carbocycles. The van der Waals surface area contributed by atoms with Gasteiger partial charge in [0.15, 0.2) is 5.79 Å². The second-order valence-electron chi connectivity index (χ2n) is 12.2. The van der Waals surface area contributed by atoms with Crippen molar-refractivity contribution in [3.05, 3.63) is 86.2 Å². The quantitative estimate of drug-likeness (QED) is 0.0866. The van der Waals surface area contributed by atoms with Gasteiger partial charge in [0.05, 0.1) is 22.7 Å². The van der Waals surface area contributed by atoms with Crippen LogP contribution in [0.25, 0.3) is 11.3 Å². The molecule has 0 fully saturated rings. The van der Waals surface area contributed by atoms with Crippen molar-refractivity contribution in [1.82, 2.24) is 4.57 Å². The van der Waals surface area contributed by atoms with Crippen molar-refractivity contribution in [3.63, 3.8) is 0 Å².